The maximum atomic E-state index is 12.7. The monoisotopic (exact) mass is 199 g/mol. The van der Waals surface area contributed by atoms with E-state index in [0.29, 0.717) is 11.7 Å². The number of hydrogen-bond donors (Lipinski definition) is 0. The van der Waals surface area contributed by atoms with Gasteiger partial charge < -0.3 is 4.74 Å². The molecule has 1 saturated carbocycles. The van der Waals surface area contributed by atoms with Crippen molar-refractivity contribution in [3.63, 3.8) is 0 Å². The Morgan fingerprint density at radius 3 is 2.71 bits per heavy atom. The molecule has 1 aliphatic carbocycles. The fourth-order valence-electron chi connectivity index (χ4n) is 1.59. The number of rotatable bonds is 2. The van der Waals surface area contributed by atoms with Crippen molar-refractivity contribution in [2.75, 3.05) is 0 Å². The zero-order valence-corrected chi connectivity index (χ0v) is 7.84. The molecule has 0 amide bonds. The summed E-state index contributed by atoms with van der Waals surface area (Å²) in [6.45, 7) is 2.13. The lowest BCUT2D eigenvalue weighted by molar-refractivity contribution is 0.0729. The van der Waals surface area contributed by atoms with Crippen molar-refractivity contribution >= 4 is 0 Å². The molecule has 0 atom stereocenters. The van der Waals surface area contributed by atoms with Crippen molar-refractivity contribution < 1.29 is 13.5 Å². The van der Waals surface area contributed by atoms with Gasteiger partial charge >= 0.3 is 0 Å². The van der Waals surface area contributed by atoms with Gasteiger partial charge in [0.15, 0.2) is 5.82 Å². The summed E-state index contributed by atoms with van der Waals surface area (Å²) in [4.78, 5) is 3.24. The summed E-state index contributed by atoms with van der Waals surface area (Å²) in [5.41, 5.74) is 0. The van der Waals surface area contributed by atoms with E-state index in [1.54, 1.807) is 0 Å². The van der Waals surface area contributed by atoms with E-state index in [4.69, 9.17) is 4.74 Å². The molecule has 0 N–H and O–H groups in total. The van der Waals surface area contributed by atoms with Gasteiger partial charge in [0.25, 0.3) is 0 Å². The van der Waals surface area contributed by atoms with E-state index in [1.807, 2.05) is 0 Å². The Morgan fingerprint density at radius 2 is 2.14 bits per heavy atom. The Morgan fingerprint density at radius 1 is 1.43 bits per heavy atom. The minimum absolute atomic E-state index is 0.136. The highest BCUT2D eigenvalue weighted by atomic mass is 19.2. The standard InChI is InChI=1S/C10H11F2NO/c1-6-2-7(3-6)14-8-4-9(11)10(12)13-5-8/h4-7H,2-3H2,1H3. The van der Waals surface area contributed by atoms with E-state index < -0.39 is 11.8 Å². The number of hydrogen-bond acceptors (Lipinski definition) is 2. The molecule has 0 aliphatic heterocycles. The zero-order valence-electron chi connectivity index (χ0n) is 7.84. The third-order valence-electron chi connectivity index (χ3n) is 2.40. The van der Waals surface area contributed by atoms with Crippen LogP contribution >= 0.6 is 0 Å². The number of pyridine rings is 1. The van der Waals surface area contributed by atoms with Crippen LogP contribution in [0.5, 0.6) is 5.75 Å². The van der Waals surface area contributed by atoms with Crippen LogP contribution in [0.15, 0.2) is 12.3 Å². The van der Waals surface area contributed by atoms with Crippen molar-refractivity contribution in [1.82, 2.24) is 4.98 Å². The van der Waals surface area contributed by atoms with Gasteiger partial charge in [0, 0.05) is 6.07 Å². The molecule has 0 radical (unpaired) electrons. The van der Waals surface area contributed by atoms with Gasteiger partial charge in [-0.1, -0.05) is 6.92 Å². The van der Waals surface area contributed by atoms with Crippen molar-refractivity contribution in [2.24, 2.45) is 5.92 Å². The van der Waals surface area contributed by atoms with E-state index in [2.05, 4.69) is 11.9 Å². The van der Waals surface area contributed by atoms with Gasteiger partial charge in [-0.05, 0) is 18.8 Å². The number of ether oxygens (including phenoxy) is 1. The molecule has 1 aliphatic rings. The first-order chi connectivity index (χ1) is 6.65. The summed E-state index contributed by atoms with van der Waals surface area (Å²) in [5, 5.41) is 0. The predicted molar refractivity (Wildman–Crippen MR) is 47.0 cm³/mol. The molecule has 0 bridgehead atoms. The lowest BCUT2D eigenvalue weighted by Crippen LogP contribution is -2.31. The molecule has 1 fully saturated rings. The van der Waals surface area contributed by atoms with Gasteiger partial charge in [0.1, 0.15) is 5.75 Å². The van der Waals surface area contributed by atoms with Crippen LogP contribution in [0.25, 0.3) is 0 Å². The van der Waals surface area contributed by atoms with E-state index in [-0.39, 0.29) is 6.10 Å². The maximum absolute atomic E-state index is 12.7. The van der Waals surface area contributed by atoms with Crippen LogP contribution in [0, 0.1) is 17.7 Å². The molecule has 0 unspecified atom stereocenters. The zero-order chi connectivity index (χ0) is 10.1. The first kappa shape index (κ1) is 9.37. The van der Waals surface area contributed by atoms with Crippen LogP contribution < -0.4 is 4.74 Å². The highest BCUT2D eigenvalue weighted by Gasteiger charge is 2.27. The molecule has 0 saturated heterocycles. The molecule has 0 spiro atoms. The average Bonchev–Trinajstić information content (AvgIpc) is 2.09. The number of nitrogens with zero attached hydrogens (tertiary/aromatic N) is 1. The van der Waals surface area contributed by atoms with Crippen LogP contribution in [0.2, 0.25) is 0 Å². The fraction of sp³-hybridized carbons (Fsp3) is 0.500. The molecule has 1 aromatic rings. The van der Waals surface area contributed by atoms with E-state index in [9.17, 15) is 8.78 Å². The van der Waals surface area contributed by atoms with Gasteiger partial charge in [-0.3, -0.25) is 0 Å². The second kappa shape index (κ2) is 3.52. The SMILES string of the molecule is CC1CC(Oc2cnc(F)c(F)c2)C1. The fourth-order valence-corrected chi connectivity index (χ4v) is 1.59. The van der Waals surface area contributed by atoms with Gasteiger partial charge in [0.05, 0.1) is 12.3 Å². The Balaban J connectivity index is 2.00. The summed E-state index contributed by atoms with van der Waals surface area (Å²) >= 11 is 0. The van der Waals surface area contributed by atoms with Crippen molar-refractivity contribution in [3.8, 4) is 5.75 Å². The van der Waals surface area contributed by atoms with Gasteiger partial charge in [-0.15, -0.1) is 0 Å². The normalized spacial score (nSPS) is 25.6. The molecule has 2 rings (SSSR count). The Kier molecular flexibility index (Phi) is 2.35. The average molecular weight is 199 g/mol. The van der Waals surface area contributed by atoms with E-state index in [1.165, 1.54) is 6.20 Å². The minimum Gasteiger partial charge on any atom is -0.489 e. The molecular weight excluding hydrogens is 188 g/mol. The van der Waals surface area contributed by atoms with E-state index >= 15 is 0 Å². The molecule has 4 heteroatoms. The van der Waals surface area contributed by atoms with Crippen molar-refractivity contribution in [1.29, 1.82) is 0 Å². The lowest BCUT2D eigenvalue weighted by atomic mass is 9.84. The van der Waals surface area contributed by atoms with Crippen LogP contribution in [-0.2, 0) is 0 Å². The van der Waals surface area contributed by atoms with Gasteiger partial charge in [-0.2, -0.15) is 4.39 Å². The first-order valence-electron chi connectivity index (χ1n) is 4.63. The molecular formula is C10H11F2NO. The lowest BCUT2D eigenvalue weighted by Gasteiger charge is -2.32. The van der Waals surface area contributed by atoms with Gasteiger partial charge in [-0.25, -0.2) is 9.37 Å². The second-order valence-corrected chi connectivity index (χ2v) is 3.76. The third kappa shape index (κ3) is 1.84. The van der Waals surface area contributed by atoms with Crippen LogP contribution in [0.1, 0.15) is 19.8 Å². The number of halogens is 2. The maximum Gasteiger partial charge on any atom is 0.249 e. The summed E-state index contributed by atoms with van der Waals surface area (Å²) in [5.74, 6) is -1.08. The predicted octanol–water partition coefficient (Wildman–Crippen LogP) is 2.54. The Bertz CT molecular complexity index is 337. The molecule has 2 nitrogen and oxygen atoms in total. The third-order valence-corrected chi connectivity index (χ3v) is 2.40. The number of aromatic nitrogens is 1. The Hall–Kier alpha value is -1.19. The first-order valence-corrected chi connectivity index (χ1v) is 4.63. The van der Waals surface area contributed by atoms with Crippen molar-refractivity contribution in [2.45, 2.75) is 25.9 Å². The minimum atomic E-state index is -1.08. The molecule has 76 valence electrons. The molecule has 1 heterocycles. The highest BCUT2D eigenvalue weighted by Crippen LogP contribution is 2.30. The summed E-state index contributed by atoms with van der Waals surface area (Å²) in [6, 6.07) is 1.03. The van der Waals surface area contributed by atoms with Crippen molar-refractivity contribution in [3.05, 3.63) is 24.0 Å². The quantitative estimate of drug-likeness (QED) is 0.683. The second-order valence-electron chi connectivity index (χ2n) is 3.76. The molecule has 1 aromatic heterocycles. The topological polar surface area (TPSA) is 22.1 Å². The van der Waals surface area contributed by atoms with Crippen LogP contribution in [0.3, 0.4) is 0 Å². The van der Waals surface area contributed by atoms with Gasteiger partial charge in [0.2, 0.25) is 5.95 Å². The summed E-state index contributed by atoms with van der Waals surface area (Å²) in [6.07, 6.45) is 3.29. The van der Waals surface area contributed by atoms with Crippen LogP contribution in [-0.4, -0.2) is 11.1 Å². The summed E-state index contributed by atoms with van der Waals surface area (Å²) < 4.78 is 30.6. The van der Waals surface area contributed by atoms with E-state index in [0.717, 1.165) is 18.9 Å². The Labute approximate surface area is 80.9 Å². The largest absolute Gasteiger partial charge is 0.489 e. The van der Waals surface area contributed by atoms with Crippen LogP contribution in [0.4, 0.5) is 8.78 Å². The molecule has 0 aromatic carbocycles. The summed E-state index contributed by atoms with van der Waals surface area (Å²) in [7, 11) is 0. The highest BCUT2D eigenvalue weighted by molar-refractivity contribution is 5.18. The molecule has 14 heavy (non-hydrogen) atoms. The smallest absolute Gasteiger partial charge is 0.249 e.